The molecule has 1 aliphatic rings. The van der Waals surface area contributed by atoms with Crippen LogP contribution in [0, 0.1) is 24.2 Å². The fraction of sp³-hybridized carbons (Fsp3) is 0.219. The number of rotatable bonds is 10. The van der Waals surface area contributed by atoms with Crippen LogP contribution in [0.1, 0.15) is 97.1 Å². The number of benzene rings is 7. The molecule has 10 rings (SSSR count). The summed E-state index contributed by atoms with van der Waals surface area (Å²) >= 11 is 0. The van der Waals surface area contributed by atoms with Crippen molar-refractivity contribution in [3.05, 3.63) is 235 Å². The summed E-state index contributed by atoms with van der Waals surface area (Å²) in [5.41, 5.74) is 12.7. The number of para-hydroxylation sites is 1. The number of pyridine rings is 1. The second-order valence-electron chi connectivity index (χ2n) is 21.6. The van der Waals surface area contributed by atoms with E-state index in [2.05, 4.69) is 272 Å². The Labute approximate surface area is 429 Å². The molecule has 0 N–H and O–H groups in total. The van der Waals surface area contributed by atoms with Crippen molar-refractivity contribution >= 4 is 33.2 Å². The van der Waals surface area contributed by atoms with Gasteiger partial charge in [-0.25, -0.2) is 4.98 Å². The van der Waals surface area contributed by atoms with E-state index in [0.717, 1.165) is 44.6 Å². The molecule has 3 heterocycles. The molecule has 0 bridgehead atoms. The van der Waals surface area contributed by atoms with Crippen LogP contribution in [0.4, 0.5) is 11.4 Å². The van der Waals surface area contributed by atoms with E-state index in [1.165, 1.54) is 39.1 Å². The van der Waals surface area contributed by atoms with Crippen LogP contribution in [-0.4, -0.2) is 9.55 Å². The van der Waals surface area contributed by atoms with Gasteiger partial charge in [-0.3, -0.25) is 0 Å². The van der Waals surface area contributed by atoms with E-state index in [1.807, 2.05) is 12.3 Å². The van der Waals surface area contributed by atoms with Crippen molar-refractivity contribution in [2.75, 3.05) is 9.80 Å². The van der Waals surface area contributed by atoms with E-state index in [0.29, 0.717) is 11.5 Å². The van der Waals surface area contributed by atoms with Crippen molar-refractivity contribution in [1.82, 2.24) is 9.55 Å². The van der Waals surface area contributed by atoms with Gasteiger partial charge in [0.15, 0.2) is 0 Å². The second kappa shape index (κ2) is 18.6. The molecule has 5 nitrogen and oxygen atoms in total. The van der Waals surface area contributed by atoms with Gasteiger partial charge in [-0.05, 0) is 80.7 Å². The zero-order valence-electron chi connectivity index (χ0n) is 41.9. The Kier molecular flexibility index (Phi) is 12.8. The molecule has 0 saturated carbocycles. The Balaban J connectivity index is 0.00000608. The molecule has 0 amide bonds. The summed E-state index contributed by atoms with van der Waals surface area (Å²) in [6.45, 7) is 25.0. The molecular formula is C64H61N4OPt-3. The van der Waals surface area contributed by atoms with Crippen molar-refractivity contribution in [2.24, 2.45) is 5.41 Å². The predicted molar refractivity (Wildman–Crippen MR) is 287 cm³/mol. The van der Waals surface area contributed by atoms with Crippen LogP contribution >= 0.6 is 0 Å². The van der Waals surface area contributed by atoms with Gasteiger partial charge in [0.2, 0.25) is 0 Å². The number of ether oxygens (including phenoxy) is 1. The van der Waals surface area contributed by atoms with Crippen LogP contribution in [0.2, 0.25) is 0 Å². The number of hydrogen-bond donors (Lipinski definition) is 0. The molecule has 0 unspecified atom stereocenters. The Morgan fingerprint density at radius 1 is 0.500 bits per heavy atom. The van der Waals surface area contributed by atoms with Crippen LogP contribution in [-0.2, 0) is 37.3 Å². The Bertz CT molecular complexity index is 3360. The summed E-state index contributed by atoms with van der Waals surface area (Å²) in [5.74, 6) is 2.06. The summed E-state index contributed by atoms with van der Waals surface area (Å²) in [7, 11) is 0. The van der Waals surface area contributed by atoms with Crippen molar-refractivity contribution in [1.29, 1.82) is 0 Å². The van der Waals surface area contributed by atoms with Gasteiger partial charge in [0.25, 0.3) is 0 Å². The number of nitrogens with zero attached hydrogens (tertiary/aromatic N) is 4. The van der Waals surface area contributed by atoms with Gasteiger partial charge in [-0.15, -0.1) is 53.6 Å². The maximum Gasteiger partial charge on any atom is 0.135 e. The quantitative estimate of drug-likeness (QED) is 0.128. The van der Waals surface area contributed by atoms with Crippen molar-refractivity contribution in [3.8, 4) is 28.4 Å². The first-order chi connectivity index (χ1) is 32.9. The molecule has 0 aliphatic carbocycles. The van der Waals surface area contributed by atoms with Gasteiger partial charge in [0.05, 0.1) is 0 Å². The van der Waals surface area contributed by atoms with Gasteiger partial charge in [0.1, 0.15) is 5.82 Å². The molecule has 70 heavy (non-hydrogen) atoms. The molecule has 0 spiro atoms. The average Bonchev–Trinajstić information content (AvgIpc) is 3.96. The third kappa shape index (κ3) is 9.25. The Morgan fingerprint density at radius 2 is 1.13 bits per heavy atom. The van der Waals surface area contributed by atoms with E-state index in [-0.39, 0.29) is 42.7 Å². The van der Waals surface area contributed by atoms with Crippen molar-refractivity contribution in [2.45, 2.75) is 85.5 Å². The van der Waals surface area contributed by atoms with Gasteiger partial charge >= 0.3 is 0 Å². The molecule has 356 valence electrons. The smallest absolute Gasteiger partial charge is 0.135 e. The van der Waals surface area contributed by atoms with Crippen LogP contribution < -0.4 is 14.5 Å². The monoisotopic (exact) mass is 1100 g/mol. The fourth-order valence-corrected chi connectivity index (χ4v) is 9.63. The Hall–Kier alpha value is -6.68. The molecule has 1 aliphatic heterocycles. The normalized spacial score (nSPS) is 13.4. The third-order valence-electron chi connectivity index (χ3n) is 14.0. The Morgan fingerprint density at radius 3 is 1.79 bits per heavy atom. The first-order valence-corrected chi connectivity index (χ1v) is 24.1. The molecule has 2 aromatic heterocycles. The van der Waals surface area contributed by atoms with Crippen molar-refractivity contribution < 1.29 is 25.8 Å². The minimum atomic E-state index is -0.249. The summed E-state index contributed by atoms with van der Waals surface area (Å²) in [5, 5.41) is 2.22. The van der Waals surface area contributed by atoms with Gasteiger partial charge < -0.3 is 19.1 Å². The first kappa shape index (κ1) is 48.3. The van der Waals surface area contributed by atoms with Crippen LogP contribution in [0.5, 0.6) is 11.5 Å². The third-order valence-corrected chi connectivity index (χ3v) is 14.0. The van der Waals surface area contributed by atoms with Gasteiger partial charge in [-0.1, -0.05) is 190 Å². The largest absolute Gasteiger partial charge is 0.509 e. The molecule has 0 atom stereocenters. The topological polar surface area (TPSA) is 33.5 Å². The van der Waals surface area contributed by atoms with E-state index >= 15 is 0 Å². The van der Waals surface area contributed by atoms with E-state index in [1.54, 1.807) is 0 Å². The zero-order valence-corrected chi connectivity index (χ0v) is 44.2. The average molecular weight is 1100 g/mol. The van der Waals surface area contributed by atoms with Gasteiger partial charge in [-0.2, -0.15) is 6.07 Å². The second-order valence-corrected chi connectivity index (χ2v) is 21.6. The standard InChI is InChI=1S/C64H61N4O.Pt/c1-61(2,3)49-36-51(66-42-59(62(4,5)6)67(43-66)52-35-45(44-22-14-11-15-23-44)34-50(37-52)64(9,10)47-26-18-13-19-27-47)40-54(38-49)69-53-30-31-56-55-28-20-21-29-57(55)68(58(56)41-53)60-39-48(32-33-65-60)63(7,8)46-24-16-12-17-25-46;/h11-39,42-43H,1-10H3;/q-3;. The van der Waals surface area contributed by atoms with Gasteiger partial charge in [0, 0.05) is 71.9 Å². The molecule has 7 aromatic carbocycles. The number of anilines is 2. The maximum absolute atomic E-state index is 6.89. The zero-order chi connectivity index (χ0) is 48.3. The molecule has 6 heteroatoms. The minimum Gasteiger partial charge on any atom is -0.509 e. The molecule has 0 radical (unpaired) electrons. The molecule has 0 fully saturated rings. The number of fused-ring (bicyclic) bond motifs is 3. The van der Waals surface area contributed by atoms with E-state index < -0.39 is 0 Å². The minimum absolute atomic E-state index is 0. The number of hydrogen-bond acceptors (Lipinski definition) is 4. The first-order valence-electron chi connectivity index (χ1n) is 24.1. The number of allylic oxidation sites excluding steroid dienone is 1. The summed E-state index contributed by atoms with van der Waals surface area (Å²) in [6.07, 6.45) is 4.18. The SMILES string of the molecule is CC(C)(C)C1=CN(c2[c-]c(Oc3[c-]c4c(cc3)c3ccccc3n4-c3cc(C(C)(C)c4ccccc4)ccn3)cc(C(C)(C)C)c2)[CH-]N1c1cc(-c2ccccc2)cc(C(C)(C)c2ccccc2)c1.[Pt]. The van der Waals surface area contributed by atoms with E-state index in [4.69, 9.17) is 9.72 Å². The maximum atomic E-state index is 6.89. The number of aromatic nitrogens is 2. The summed E-state index contributed by atoms with van der Waals surface area (Å²) in [6, 6.07) is 68.0. The predicted octanol–water partition coefficient (Wildman–Crippen LogP) is 16.5. The molecule has 0 saturated heterocycles. The van der Waals surface area contributed by atoms with E-state index in [9.17, 15) is 0 Å². The van der Waals surface area contributed by atoms with Crippen molar-refractivity contribution in [3.63, 3.8) is 0 Å². The van der Waals surface area contributed by atoms with Crippen LogP contribution in [0.25, 0.3) is 38.8 Å². The van der Waals surface area contributed by atoms with Crippen LogP contribution in [0.3, 0.4) is 0 Å². The summed E-state index contributed by atoms with van der Waals surface area (Å²) < 4.78 is 9.11. The molecule has 9 aromatic rings. The van der Waals surface area contributed by atoms with Crippen LogP contribution in [0.15, 0.2) is 188 Å². The summed E-state index contributed by atoms with van der Waals surface area (Å²) in [4.78, 5) is 9.55. The molecular weight excluding hydrogens is 1040 g/mol. The fourth-order valence-electron chi connectivity index (χ4n) is 9.63.